The molecule has 0 aliphatic heterocycles. The number of rotatable bonds is 4. The minimum absolute atomic E-state index is 0.182. The van der Waals surface area contributed by atoms with Crippen LogP contribution in [0.1, 0.15) is 15.9 Å². The summed E-state index contributed by atoms with van der Waals surface area (Å²) in [6.07, 6.45) is 0. The first-order valence-electron chi connectivity index (χ1n) is 4.85. The van der Waals surface area contributed by atoms with Gasteiger partial charge in [-0.05, 0) is 39.5 Å². The molecule has 1 aromatic heterocycles. The molecule has 0 aliphatic carbocycles. The lowest BCUT2D eigenvalue weighted by Gasteiger charge is -2.07. The average molecular weight is 313 g/mol. The van der Waals surface area contributed by atoms with E-state index in [0.717, 1.165) is 9.35 Å². The molecule has 0 saturated carbocycles. The normalized spacial score (nSPS) is 10.2. The Hall–Kier alpha value is -1.33. The predicted octanol–water partition coefficient (Wildman–Crippen LogP) is 3.79. The van der Waals surface area contributed by atoms with Crippen LogP contribution in [0.4, 0.5) is 0 Å². The minimum Gasteiger partial charge on any atom is -0.488 e. The van der Waals surface area contributed by atoms with E-state index in [2.05, 4.69) is 15.9 Å². The van der Waals surface area contributed by atoms with Gasteiger partial charge >= 0.3 is 5.97 Å². The third-order valence-electron chi connectivity index (χ3n) is 2.13. The fraction of sp³-hybridized carbons (Fsp3) is 0.0833. The second-order valence-electron chi connectivity index (χ2n) is 3.35. The lowest BCUT2D eigenvalue weighted by molar-refractivity contribution is 0.0692. The van der Waals surface area contributed by atoms with Gasteiger partial charge in [0.2, 0.25) is 0 Å². The maximum atomic E-state index is 11.0. The van der Waals surface area contributed by atoms with Crippen molar-refractivity contribution >= 4 is 33.2 Å². The van der Waals surface area contributed by atoms with E-state index in [0.29, 0.717) is 12.4 Å². The quantitative estimate of drug-likeness (QED) is 0.934. The molecular weight excluding hydrogens is 304 g/mol. The summed E-state index contributed by atoms with van der Waals surface area (Å²) >= 11 is 4.94. The van der Waals surface area contributed by atoms with Crippen molar-refractivity contribution in [3.05, 3.63) is 50.6 Å². The highest BCUT2D eigenvalue weighted by Crippen LogP contribution is 2.23. The van der Waals surface area contributed by atoms with E-state index in [1.807, 2.05) is 11.4 Å². The summed E-state index contributed by atoms with van der Waals surface area (Å²) in [7, 11) is 0. The van der Waals surface area contributed by atoms with Crippen LogP contribution in [0.5, 0.6) is 5.75 Å². The van der Waals surface area contributed by atoms with Crippen LogP contribution in [0, 0.1) is 0 Å². The molecule has 17 heavy (non-hydrogen) atoms. The summed E-state index contributed by atoms with van der Waals surface area (Å²) in [5, 5.41) is 10.9. The number of carboxylic acid groups (broad SMARTS) is 1. The van der Waals surface area contributed by atoms with Crippen LogP contribution < -0.4 is 4.74 Å². The standard InChI is InChI=1S/C12H9BrO3S/c13-11-5-8(7-17-11)6-16-10-4-2-1-3-9(10)12(14)15/h1-5,7H,6H2,(H,14,15). The Kier molecular flexibility index (Phi) is 3.81. The van der Waals surface area contributed by atoms with Gasteiger partial charge in [0.15, 0.2) is 0 Å². The van der Waals surface area contributed by atoms with Crippen LogP contribution in [0.2, 0.25) is 0 Å². The van der Waals surface area contributed by atoms with Gasteiger partial charge in [-0.25, -0.2) is 4.79 Å². The summed E-state index contributed by atoms with van der Waals surface area (Å²) < 4.78 is 6.53. The molecule has 0 atom stereocenters. The molecule has 0 radical (unpaired) electrons. The maximum absolute atomic E-state index is 11.0. The van der Waals surface area contributed by atoms with Gasteiger partial charge in [0.25, 0.3) is 0 Å². The Bertz CT molecular complexity index is 536. The Morgan fingerprint density at radius 1 is 1.41 bits per heavy atom. The SMILES string of the molecule is O=C(O)c1ccccc1OCc1csc(Br)c1. The molecule has 88 valence electrons. The zero-order valence-electron chi connectivity index (χ0n) is 8.72. The number of carboxylic acids is 1. The van der Waals surface area contributed by atoms with Crippen molar-refractivity contribution in [3.8, 4) is 5.75 Å². The fourth-order valence-electron chi connectivity index (χ4n) is 1.35. The second kappa shape index (κ2) is 5.33. The number of hydrogen-bond donors (Lipinski definition) is 1. The van der Waals surface area contributed by atoms with Crippen LogP contribution >= 0.6 is 27.3 Å². The number of benzene rings is 1. The summed E-state index contributed by atoms with van der Waals surface area (Å²) in [5.74, 6) is -0.588. The number of hydrogen-bond acceptors (Lipinski definition) is 3. The molecule has 0 amide bonds. The first-order valence-corrected chi connectivity index (χ1v) is 6.52. The minimum atomic E-state index is -0.980. The van der Waals surface area contributed by atoms with Crippen molar-refractivity contribution in [2.75, 3.05) is 0 Å². The Balaban J connectivity index is 2.11. The zero-order chi connectivity index (χ0) is 12.3. The second-order valence-corrected chi connectivity index (χ2v) is 5.64. The molecular formula is C12H9BrO3S. The van der Waals surface area contributed by atoms with Crippen molar-refractivity contribution in [1.82, 2.24) is 0 Å². The molecule has 2 aromatic rings. The van der Waals surface area contributed by atoms with Gasteiger partial charge in [-0.2, -0.15) is 0 Å². The first kappa shape index (κ1) is 12.1. The molecule has 0 unspecified atom stereocenters. The van der Waals surface area contributed by atoms with E-state index >= 15 is 0 Å². The number of aromatic carboxylic acids is 1. The average Bonchev–Trinajstić information content (AvgIpc) is 2.73. The molecule has 1 heterocycles. The van der Waals surface area contributed by atoms with E-state index in [1.54, 1.807) is 29.5 Å². The van der Waals surface area contributed by atoms with Crippen LogP contribution in [0.3, 0.4) is 0 Å². The Morgan fingerprint density at radius 3 is 2.82 bits per heavy atom. The van der Waals surface area contributed by atoms with Crippen LogP contribution in [0.15, 0.2) is 39.5 Å². The van der Waals surface area contributed by atoms with Gasteiger partial charge in [0, 0.05) is 5.56 Å². The van der Waals surface area contributed by atoms with Crippen molar-refractivity contribution in [2.45, 2.75) is 6.61 Å². The molecule has 0 spiro atoms. The highest BCUT2D eigenvalue weighted by Gasteiger charge is 2.10. The van der Waals surface area contributed by atoms with Gasteiger partial charge < -0.3 is 9.84 Å². The van der Waals surface area contributed by atoms with E-state index in [1.165, 1.54) is 6.07 Å². The topological polar surface area (TPSA) is 46.5 Å². The van der Waals surface area contributed by atoms with Gasteiger partial charge in [0.05, 0.1) is 3.79 Å². The molecule has 2 rings (SSSR count). The third-order valence-corrected chi connectivity index (χ3v) is 3.69. The molecule has 0 fully saturated rings. The number of carbonyl (C=O) groups is 1. The number of halogens is 1. The molecule has 5 heteroatoms. The van der Waals surface area contributed by atoms with E-state index < -0.39 is 5.97 Å². The maximum Gasteiger partial charge on any atom is 0.339 e. The predicted molar refractivity (Wildman–Crippen MR) is 69.8 cm³/mol. The van der Waals surface area contributed by atoms with E-state index in [4.69, 9.17) is 9.84 Å². The first-order chi connectivity index (χ1) is 8.16. The highest BCUT2D eigenvalue weighted by atomic mass is 79.9. The van der Waals surface area contributed by atoms with Gasteiger partial charge in [-0.3, -0.25) is 0 Å². The van der Waals surface area contributed by atoms with Crippen LogP contribution in [-0.4, -0.2) is 11.1 Å². The largest absolute Gasteiger partial charge is 0.488 e. The van der Waals surface area contributed by atoms with Crippen LogP contribution in [-0.2, 0) is 6.61 Å². The van der Waals surface area contributed by atoms with E-state index in [-0.39, 0.29) is 5.56 Å². The number of ether oxygens (including phenoxy) is 1. The number of para-hydroxylation sites is 1. The van der Waals surface area contributed by atoms with Crippen molar-refractivity contribution in [2.24, 2.45) is 0 Å². The molecule has 0 saturated heterocycles. The summed E-state index contributed by atoms with van der Waals surface area (Å²) in [6, 6.07) is 8.57. The third kappa shape index (κ3) is 3.08. The Morgan fingerprint density at radius 2 is 2.18 bits per heavy atom. The zero-order valence-corrected chi connectivity index (χ0v) is 11.1. The summed E-state index contributed by atoms with van der Waals surface area (Å²) in [5.41, 5.74) is 1.20. The summed E-state index contributed by atoms with van der Waals surface area (Å²) in [6.45, 7) is 0.367. The van der Waals surface area contributed by atoms with Crippen molar-refractivity contribution in [1.29, 1.82) is 0 Å². The van der Waals surface area contributed by atoms with Crippen molar-refractivity contribution in [3.63, 3.8) is 0 Å². The molecule has 1 N–H and O–H groups in total. The van der Waals surface area contributed by atoms with Crippen LogP contribution in [0.25, 0.3) is 0 Å². The highest BCUT2D eigenvalue weighted by molar-refractivity contribution is 9.11. The molecule has 0 aliphatic rings. The molecule has 0 bridgehead atoms. The summed E-state index contributed by atoms with van der Waals surface area (Å²) in [4.78, 5) is 11.0. The van der Waals surface area contributed by atoms with E-state index in [9.17, 15) is 4.79 Å². The monoisotopic (exact) mass is 312 g/mol. The van der Waals surface area contributed by atoms with Crippen molar-refractivity contribution < 1.29 is 14.6 Å². The molecule has 3 nitrogen and oxygen atoms in total. The number of thiophene rings is 1. The van der Waals surface area contributed by atoms with Gasteiger partial charge in [0.1, 0.15) is 17.9 Å². The Labute approximate surface area is 111 Å². The lowest BCUT2D eigenvalue weighted by Crippen LogP contribution is -2.02. The smallest absolute Gasteiger partial charge is 0.339 e. The van der Waals surface area contributed by atoms with Gasteiger partial charge in [-0.15, -0.1) is 11.3 Å². The molecule has 1 aromatic carbocycles. The van der Waals surface area contributed by atoms with Gasteiger partial charge in [-0.1, -0.05) is 12.1 Å². The fourth-order valence-corrected chi connectivity index (χ4v) is 2.55. The lowest BCUT2D eigenvalue weighted by atomic mass is 10.2.